The Hall–Kier alpha value is -1.12. The molecular formula is C11H16N4O2S2. The summed E-state index contributed by atoms with van der Waals surface area (Å²) >= 11 is 1.55. The summed E-state index contributed by atoms with van der Waals surface area (Å²) in [5.74, 6) is 1.20. The van der Waals surface area contributed by atoms with E-state index >= 15 is 0 Å². The van der Waals surface area contributed by atoms with Crippen LogP contribution in [0.1, 0.15) is 12.6 Å². The third-order valence-corrected chi connectivity index (χ3v) is 6.03. The fraction of sp³-hybridized carbons (Fsp3) is 0.545. The van der Waals surface area contributed by atoms with Gasteiger partial charge in [0.05, 0.1) is 17.2 Å². The smallest absolute Gasteiger partial charge is 0.195 e. The van der Waals surface area contributed by atoms with Crippen LogP contribution in [0.3, 0.4) is 0 Å². The van der Waals surface area contributed by atoms with Gasteiger partial charge in [-0.1, -0.05) is 0 Å². The van der Waals surface area contributed by atoms with Crippen LogP contribution in [0.15, 0.2) is 11.6 Å². The zero-order valence-corrected chi connectivity index (χ0v) is 12.2. The number of hydrogen-bond donors (Lipinski definition) is 1. The van der Waals surface area contributed by atoms with Gasteiger partial charge in [0.15, 0.2) is 20.6 Å². The molecule has 0 spiro atoms. The Kier molecular flexibility index (Phi) is 3.03. The molecule has 0 aliphatic carbocycles. The van der Waals surface area contributed by atoms with Crippen molar-refractivity contribution in [3.63, 3.8) is 0 Å². The van der Waals surface area contributed by atoms with E-state index in [0.29, 0.717) is 13.1 Å². The van der Waals surface area contributed by atoms with Crippen molar-refractivity contribution in [3.05, 3.63) is 17.3 Å². The van der Waals surface area contributed by atoms with E-state index in [1.165, 1.54) is 0 Å². The second-order valence-electron chi connectivity index (χ2n) is 4.80. The van der Waals surface area contributed by atoms with E-state index in [4.69, 9.17) is 5.73 Å². The molecule has 6 nitrogen and oxygen atoms in total. The lowest BCUT2D eigenvalue weighted by Crippen LogP contribution is -2.47. The molecule has 3 rings (SSSR count). The molecule has 1 aliphatic rings. The van der Waals surface area contributed by atoms with Crippen LogP contribution < -0.4 is 10.6 Å². The van der Waals surface area contributed by atoms with Gasteiger partial charge >= 0.3 is 0 Å². The fourth-order valence-corrected chi connectivity index (χ4v) is 4.84. The molecule has 2 N–H and O–H groups in total. The van der Waals surface area contributed by atoms with Crippen LogP contribution in [0.4, 0.5) is 5.82 Å². The third kappa shape index (κ3) is 2.13. The molecule has 1 atom stereocenters. The maximum atomic E-state index is 11.6. The number of hydrogen-bond acceptors (Lipinski definition) is 6. The highest BCUT2D eigenvalue weighted by molar-refractivity contribution is 7.91. The Morgan fingerprint density at radius 3 is 3.05 bits per heavy atom. The molecule has 104 valence electrons. The third-order valence-electron chi connectivity index (χ3n) is 3.48. The summed E-state index contributed by atoms with van der Waals surface area (Å²) in [7, 11) is -2.91. The molecule has 1 fully saturated rings. The summed E-state index contributed by atoms with van der Waals surface area (Å²) in [6.45, 7) is 2.80. The van der Waals surface area contributed by atoms with Crippen molar-refractivity contribution >= 4 is 32.0 Å². The summed E-state index contributed by atoms with van der Waals surface area (Å²) in [5.41, 5.74) is 6.77. The van der Waals surface area contributed by atoms with Crippen LogP contribution in [0.2, 0.25) is 0 Å². The standard InChI is InChI=1S/C11H16N4O2S2/c1-8-7-19(16,17)5-3-14(8)10-9(6-12)15-2-4-18-11(15)13-10/h2,4,8H,3,5-7,12H2,1H3. The Morgan fingerprint density at radius 1 is 1.58 bits per heavy atom. The van der Waals surface area contributed by atoms with Crippen molar-refractivity contribution in [1.29, 1.82) is 0 Å². The van der Waals surface area contributed by atoms with Crippen LogP contribution in [0, 0.1) is 0 Å². The minimum absolute atomic E-state index is 0.0614. The first-order valence-corrected chi connectivity index (χ1v) is 8.83. The van der Waals surface area contributed by atoms with Crippen LogP contribution in [0.5, 0.6) is 0 Å². The largest absolute Gasteiger partial charge is 0.350 e. The lowest BCUT2D eigenvalue weighted by Gasteiger charge is -2.34. The Bertz CT molecular complexity index is 703. The number of aromatic nitrogens is 2. The summed E-state index contributed by atoms with van der Waals surface area (Å²) in [4.78, 5) is 7.56. The minimum atomic E-state index is -2.91. The van der Waals surface area contributed by atoms with Crippen LogP contribution in [0.25, 0.3) is 4.96 Å². The zero-order valence-electron chi connectivity index (χ0n) is 10.6. The molecule has 1 unspecified atom stereocenters. The van der Waals surface area contributed by atoms with Crippen molar-refractivity contribution in [2.75, 3.05) is 23.0 Å². The second kappa shape index (κ2) is 4.46. The first kappa shape index (κ1) is 12.9. The SMILES string of the molecule is CC1CS(=O)(=O)CCN1c1nc2sccn2c1CN. The molecule has 1 saturated heterocycles. The van der Waals surface area contributed by atoms with Gasteiger partial charge in [0.25, 0.3) is 0 Å². The van der Waals surface area contributed by atoms with E-state index in [0.717, 1.165) is 16.5 Å². The van der Waals surface area contributed by atoms with Crippen LogP contribution >= 0.6 is 11.3 Å². The van der Waals surface area contributed by atoms with Gasteiger partial charge in [-0.25, -0.2) is 13.4 Å². The van der Waals surface area contributed by atoms with Gasteiger partial charge in [-0.15, -0.1) is 11.3 Å². The van der Waals surface area contributed by atoms with Crippen LogP contribution in [-0.2, 0) is 16.4 Å². The van der Waals surface area contributed by atoms with E-state index in [1.807, 2.05) is 22.9 Å². The minimum Gasteiger partial charge on any atom is -0.350 e. The predicted molar refractivity (Wildman–Crippen MR) is 76.4 cm³/mol. The van der Waals surface area contributed by atoms with Crippen molar-refractivity contribution in [3.8, 4) is 0 Å². The Labute approximate surface area is 115 Å². The molecule has 1 aliphatic heterocycles. The fourth-order valence-electron chi connectivity index (χ4n) is 2.55. The lowest BCUT2D eigenvalue weighted by molar-refractivity contribution is 0.566. The zero-order chi connectivity index (χ0) is 13.6. The molecule has 3 heterocycles. The second-order valence-corrected chi connectivity index (χ2v) is 7.90. The van der Waals surface area contributed by atoms with E-state index < -0.39 is 9.84 Å². The van der Waals surface area contributed by atoms with Gasteiger partial charge in [-0.05, 0) is 6.92 Å². The Morgan fingerprint density at radius 2 is 2.37 bits per heavy atom. The average molecular weight is 300 g/mol. The summed E-state index contributed by atoms with van der Waals surface area (Å²) in [6, 6.07) is -0.0614. The van der Waals surface area contributed by atoms with Crippen molar-refractivity contribution in [2.45, 2.75) is 19.5 Å². The maximum Gasteiger partial charge on any atom is 0.195 e. The molecular weight excluding hydrogens is 284 g/mol. The molecule has 0 saturated carbocycles. The molecule has 0 bridgehead atoms. The molecule has 8 heteroatoms. The number of nitrogens with two attached hydrogens (primary N) is 1. The van der Waals surface area contributed by atoms with Crippen molar-refractivity contribution in [2.24, 2.45) is 5.73 Å². The van der Waals surface area contributed by atoms with Gasteiger partial charge in [-0.3, -0.25) is 4.40 Å². The molecule has 2 aromatic rings. The number of thiazole rings is 1. The van der Waals surface area contributed by atoms with E-state index in [9.17, 15) is 8.42 Å². The number of sulfone groups is 1. The highest BCUT2D eigenvalue weighted by Crippen LogP contribution is 2.27. The highest BCUT2D eigenvalue weighted by Gasteiger charge is 2.31. The highest BCUT2D eigenvalue weighted by atomic mass is 32.2. The van der Waals surface area contributed by atoms with Gasteiger partial charge in [0, 0.05) is 30.7 Å². The number of rotatable bonds is 2. The maximum absolute atomic E-state index is 11.6. The molecule has 0 radical (unpaired) electrons. The number of anilines is 1. The number of fused-ring (bicyclic) bond motifs is 1. The first-order valence-electron chi connectivity index (χ1n) is 6.13. The van der Waals surface area contributed by atoms with Gasteiger partial charge < -0.3 is 10.6 Å². The van der Waals surface area contributed by atoms with Crippen molar-refractivity contribution < 1.29 is 8.42 Å². The molecule has 19 heavy (non-hydrogen) atoms. The van der Waals surface area contributed by atoms with Crippen molar-refractivity contribution in [1.82, 2.24) is 9.38 Å². The predicted octanol–water partition coefficient (Wildman–Crippen LogP) is 0.478. The van der Waals surface area contributed by atoms with E-state index in [-0.39, 0.29) is 17.5 Å². The number of nitrogens with zero attached hydrogens (tertiary/aromatic N) is 3. The van der Waals surface area contributed by atoms with Gasteiger partial charge in [-0.2, -0.15) is 0 Å². The Balaban J connectivity index is 2.02. The van der Waals surface area contributed by atoms with E-state index in [1.54, 1.807) is 11.3 Å². The van der Waals surface area contributed by atoms with Gasteiger partial charge in [0.1, 0.15) is 0 Å². The molecule has 0 aromatic carbocycles. The first-order chi connectivity index (χ1) is 9.02. The summed E-state index contributed by atoms with van der Waals surface area (Å²) in [6.07, 6.45) is 1.95. The quantitative estimate of drug-likeness (QED) is 0.872. The monoisotopic (exact) mass is 300 g/mol. The molecule has 2 aromatic heterocycles. The summed E-state index contributed by atoms with van der Waals surface area (Å²) in [5, 5.41) is 1.97. The van der Waals surface area contributed by atoms with E-state index in [2.05, 4.69) is 9.88 Å². The lowest BCUT2D eigenvalue weighted by atomic mass is 10.3. The molecule has 0 amide bonds. The normalized spacial score (nSPS) is 23.1. The topological polar surface area (TPSA) is 80.7 Å². The number of imidazole rings is 1. The van der Waals surface area contributed by atoms with Crippen LogP contribution in [-0.4, -0.2) is 41.9 Å². The summed E-state index contributed by atoms with van der Waals surface area (Å²) < 4.78 is 25.3. The average Bonchev–Trinajstić information content (AvgIpc) is 2.87. The van der Waals surface area contributed by atoms with Gasteiger partial charge in [0.2, 0.25) is 0 Å².